The number of nitrogens with zero attached hydrogens (tertiary/aromatic N) is 1. The lowest BCUT2D eigenvalue weighted by Crippen LogP contribution is -2.45. The van der Waals surface area contributed by atoms with Crippen molar-refractivity contribution in [2.24, 2.45) is 17.8 Å². The summed E-state index contributed by atoms with van der Waals surface area (Å²) in [5.41, 5.74) is 1.61. The smallest absolute Gasteiger partial charge is 0.306 e. The summed E-state index contributed by atoms with van der Waals surface area (Å²) in [4.78, 5) is 37.7. The molecule has 1 aliphatic rings. The predicted molar refractivity (Wildman–Crippen MR) is 104 cm³/mol. The Bertz CT molecular complexity index is 671. The molecule has 0 spiro atoms. The predicted octanol–water partition coefficient (Wildman–Crippen LogP) is 3.17. The van der Waals surface area contributed by atoms with Gasteiger partial charge in [-0.3, -0.25) is 14.4 Å². The average molecular weight is 374 g/mol. The Morgan fingerprint density at radius 3 is 2.44 bits per heavy atom. The van der Waals surface area contributed by atoms with Crippen LogP contribution < -0.4 is 5.32 Å². The third-order valence-corrected chi connectivity index (χ3v) is 5.32. The van der Waals surface area contributed by atoms with Crippen molar-refractivity contribution < 1.29 is 19.5 Å². The van der Waals surface area contributed by atoms with Gasteiger partial charge in [-0.05, 0) is 43.4 Å². The number of rotatable bonds is 7. The van der Waals surface area contributed by atoms with Gasteiger partial charge in [0, 0.05) is 24.7 Å². The van der Waals surface area contributed by atoms with Crippen molar-refractivity contribution in [1.29, 1.82) is 0 Å². The first-order chi connectivity index (χ1) is 12.8. The topological polar surface area (TPSA) is 86.7 Å². The number of carboxylic acid groups (broad SMARTS) is 1. The molecule has 1 aromatic carbocycles. The van der Waals surface area contributed by atoms with Crippen molar-refractivity contribution in [1.82, 2.24) is 4.90 Å². The van der Waals surface area contributed by atoms with Gasteiger partial charge in [-0.25, -0.2) is 0 Å². The molecule has 0 aromatic heterocycles. The van der Waals surface area contributed by atoms with Crippen LogP contribution in [-0.4, -0.2) is 40.9 Å². The van der Waals surface area contributed by atoms with E-state index in [1.807, 2.05) is 30.9 Å². The lowest BCUT2D eigenvalue weighted by molar-refractivity contribution is -0.141. The van der Waals surface area contributed by atoms with Crippen LogP contribution >= 0.6 is 0 Å². The number of piperidine rings is 1. The number of carboxylic acids is 1. The minimum absolute atomic E-state index is 0.00690. The molecule has 3 unspecified atom stereocenters. The first-order valence-corrected chi connectivity index (χ1v) is 9.73. The highest BCUT2D eigenvalue weighted by Crippen LogP contribution is 2.21. The second-order valence-corrected chi connectivity index (χ2v) is 7.56. The second kappa shape index (κ2) is 9.53. The number of carbonyl (C=O) groups excluding carboxylic acids is 2. The van der Waals surface area contributed by atoms with Gasteiger partial charge < -0.3 is 15.3 Å². The Labute approximate surface area is 160 Å². The summed E-state index contributed by atoms with van der Waals surface area (Å²) in [5.74, 6) is -1.40. The number of nitrogens with one attached hydrogen (secondary N) is 1. The van der Waals surface area contributed by atoms with Crippen LogP contribution in [0.25, 0.3) is 0 Å². The summed E-state index contributed by atoms with van der Waals surface area (Å²) in [6.07, 6.45) is 2.88. The van der Waals surface area contributed by atoms with E-state index in [1.165, 1.54) is 0 Å². The highest BCUT2D eigenvalue weighted by molar-refractivity contribution is 5.93. The van der Waals surface area contributed by atoms with Gasteiger partial charge in [0.05, 0.1) is 11.8 Å². The number of carbonyl (C=O) groups is 3. The van der Waals surface area contributed by atoms with Crippen molar-refractivity contribution in [2.75, 3.05) is 18.4 Å². The van der Waals surface area contributed by atoms with Gasteiger partial charge in [0.25, 0.3) is 0 Å². The van der Waals surface area contributed by atoms with E-state index in [4.69, 9.17) is 5.11 Å². The minimum Gasteiger partial charge on any atom is -0.481 e. The van der Waals surface area contributed by atoms with Gasteiger partial charge in [-0.2, -0.15) is 0 Å². The molecule has 1 fully saturated rings. The molecule has 1 aliphatic heterocycles. The fourth-order valence-corrected chi connectivity index (χ4v) is 3.29. The summed E-state index contributed by atoms with van der Waals surface area (Å²) in [6.45, 7) is 6.80. The molecule has 2 rings (SSSR count). The van der Waals surface area contributed by atoms with E-state index >= 15 is 0 Å². The number of benzene rings is 1. The molecule has 6 nitrogen and oxygen atoms in total. The monoisotopic (exact) mass is 374 g/mol. The summed E-state index contributed by atoms with van der Waals surface area (Å²) >= 11 is 0. The van der Waals surface area contributed by atoms with Crippen molar-refractivity contribution in [2.45, 2.75) is 46.5 Å². The van der Waals surface area contributed by atoms with E-state index in [2.05, 4.69) is 5.32 Å². The van der Waals surface area contributed by atoms with Crippen molar-refractivity contribution in [3.8, 4) is 0 Å². The molecular weight excluding hydrogens is 344 g/mol. The molecule has 0 radical (unpaired) electrons. The van der Waals surface area contributed by atoms with Gasteiger partial charge in [0.1, 0.15) is 0 Å². The van der Waals surface area contributed by atoms with Crippen LogP contribution in [0.5, 0.6) is 0 Å². The van der Waals surface area contributed by atoms with E-state index in [0.717, 1.165) is 31.4 Å². The van der Waals surface area contributed by atoms with Gasteiger partial charge in [0.2, 0.25) is 11.8 Å². The highest BCUT2D eigenvalue weighted by atomic mass is 16.4. The molecule has 3 atom stereocenters. The Kier molecular flexibility index (Phi) is 7.39. The average Bonchev–Trinajstić information content (AvgIpc) is 2.68. The molecule has 27 heavy (non-hydrogen) atoms. The third-order valence-electron chi connectivity index (χ3n) is 5.32. The number of likely N-dealkylation sites (tertiary alicyclic amines) is 1. The van der Waals surface area contributed by atoms with Crippen LogP contribution in [0.1, 0.15) is 45.6 Å². The van der Waals surface area contributed by atoms with Gasteiger partial charge in [-0.15, -0.1) is 0 Å². The Morgan fingerprint density at radius 2 is 1.85 bits per heavy atom. The maximum atomic E-state index is 12.6. The molecule has 2 amide bonds. The van der Waals surface area contributed by atoms with E-state index in [9.17, 15) is 14.4 Å². The van der Waals surface area contributed by atoms with Crippen molar-refractivity contribution >= 4 is 23.5 Å². The fourth-order valence-electron chi connectivity index (χ4n) is 3.29. The third kappa shape index (κ3) is 5.81. The summed E-state index contributed by atoms with van der Waals surface area (Å²) < 4.78 is 0. The van der Waals surface area contributed by atoms with Gasteiger partial charge in [-0.1, -0.05) is 32.9 Å². The molecule has 6 heteroatoms. The molecular formula is C21H30N2O4. The van der Waals surface area contributed by atoms with E-state index < -0.39 is 11.9 Å². The summed E-state index contributed by atoms with van der Waals surface area (Å²) in [6, 6.07) is 7.28. The molecule has 148 valence electrons. The lowest BCUT2D eigenvalue weighted by Gasteiger charge is -2.33. The largest absolute Gasteiger partial charge is 0.481 e. The van der Waals surface area contributed by atoms with Crippen molar-refractivity contribution in [3.63, 3.8) is 0 Å². The molecule has 1 aromatic rings. The van der Waals surface area contributed by atoms with Gasteiger partial charge in [0.15, 0.2) is 0 Å². The van der Waals surface area contributed by atoms with Crippen LogP contribution in [0.2, 0.25) is 0 Å². The lowest BCUT2D eigenvalue weighted by atomic mass is 9.95. The van der Waals surface area contributed by atoms with Crippen molar-refractivity contribution in [3.05, 3.63) is 29.8 Å². The molecule has 0 aliphatic carbocycles. The Balaban J connectivity index is 1.92. The molecule has 0 bridgehead atoms. The standard InChI is InChI=1S/C21H30N2O4/c1-4-14(2)20(25)23-11-5-6-17(13-23)19(24)22-18-9-7-16(8-10-18)12-15(3)21(26)27/h7-10,14-15,17H,4-6,11-13H2,1-3H3,(H,22,24)(H,26,27). The highest BCUT2D eigenvalue weighted by Gasteiger charge is 2.30. The molecule has 2 N–H and O–H groups in total. The van der Waals surface area contributed by atoms with Crippen LogP contribution in [0.3, 0.4) is 0 Å². The zero-order valence-electron chi connectivity index (χ0n) is 16.4. The first-order valence-electron chi connectivity index (χ1n) is 9.73. The van der Waals surface area contributed by atoms with E-state index in [-0.39, 0.29) is 23.7 Å². The van der Waals surface area contributed by atoms with Crippen LogP contribution in [0.4, 0.5) is 5.69 Å². The maximum absolute atomic E-state index is 12.6. The summed E-state index contributed by atoms with van der Waals surface area (Å²) in [7, 11) is 0. The SMILES string of the molecule is CCC(C)C(=O)N1CCCC(C(=O)Nc2ccc(CC(C)C(=O)O)cc2)C1. The number of aliphatic carboxylic acids is 1. The number of hydrogen-bond acceptors (Lipinski definition) is 3. The minimum atomic E-state index is -0.818. The molecule has 0 saturated carbocycles. The number of anilines is 1. The Hall–Kier alpha value is -2.37. The van der Waals surface area contributed by atoms with E-state index in [1.54, 1.807) is 19.1 Å². The quantitative estimate of drug-likeness (QED) is 0.767. The molecule has 1 saturated heterocycles. The second-order valence-electron chi connectivity index (χ2n) is 7.56. The zero-order chi connectivity index (χ0) is 20.0. The van der Waals surface area contributed by atoms with Crippen LogP contribution in [0.15, 0.2) is 24.3 Å². The van der Waals surface area contributed by atoms with E-state index in [0.29, 0.717) is 18.7 Å². The Morgan fingerprint density at radius 1 is 1.19 bits per heavy atom. The fraction of sp³-hybridized carbons (Fsp3) is 0.571. The first kappa shape index (κ1) is 20.9. The van der Waals surface area contributed by atoms with Gasteiger partial charge >= 0.3 is 5.97 Å². The number of hydrogen-bond donors (Lipinski definition) is 2. The normalized spacial score (nSPS) is 19.2. The maximum Gasteiger partial charge on any atom is 0.306 e. The number of amides is 2. The zero-order valence-corrected chi connectivity index (χ0v) is 16.4. The molecule has 1 heterocycles. The van der Waals surface area contributed by atoms with Crippen LogP contribution in [0, 0.1) is 17.8 Å². The summed E-state index contributed by atoms with van der Waals surface area (Å²) in [5, 5.41) is 11.9. The van der Waals surface area contributed by atoms with Crippen LogP contribution in [-0.2, 0) is 20.8 Å².